The molecule has 2 aromatic heterocycles. The van der Waals surface area contributed by atoms with Gasteiger partial charge in [0.15, 0.2) is 0 Å². The largest absolute Gasteiger partial charge is 0.389 e. The molecule has 0 unspecified atom stereocenters. The third-order valence-electron chi connectivity index (χ3n) is 2.68. The summed E-state index contributed by atoms with van der Waals surface area (Å²) in [7, 11) is 0. The molecule has 0 saturated heterocycles. The van der Waals surface area contributed by atoms with Crippen molar-refractivity contribution in [2.75, 3.05) is 0 Å². The first-order valence-electron chi connectivity index (χ1n) is 5.68. The Morgan fingerprint density at radius 2 is 2.11 bits per heavy atom. The van der Waals surface area contributed by atoms with Gasteiger partial charge in [0.05, 0.1) is 12.1 Å². The van der Waals surface area contributed by atoms with Crippen LogP contribution >= 0.6 is 23.6 Å². The third kappa shape index (κ3) is 2.68. The van der Waals surface area contributed by atoms with Gasteiger partial charge in [-0.2, -0.15) is 0 Å². The average molecular weight is 278 g/mol. The van der Waals surface area contributed by atoms with Gasteiger partial charge >= 0.3 is 0 Å². The molecule has 0 atom stereocenters. The third-order valence-corrected chi connectivity index (χ3v) is 4.11. The molecule has 18 heavy (non-hydrogen) atoms. The van der Waals surface area contributed by atoms with Crippen LogP contribution in [0.3, 0.4) is 0 Å². The molecule has 0 bridgehead atoms. The van der Waals surface area contributed by atoms with Crippen molar-refractivity contribution in [1.29, 1.82) is 0 Å². The molecule has 2 aromatic rings. The van der Waals surface area contributed by atoms with Gasteiger partial charge in [-0.25, -0.2) is 0 Å². The van der Waals surface area contributed by atoms with Crippen LogP contribution in [0.25, 0.3) is 0 Å². The standard InChI is InChI=1S/C13H14N2OS2/c1-2-9-5-6-10(18-9)8-15-7-3-4-11(12(14)17)13(15)16/h3-7H,2,8H2,1H3,(H2,14,17). The first-order valence-corrected chi connectivity index (χ1v) is 6.91. The van der Waals surface area contributed by atoms with Gasteiger partial charge in [-0.3, -0.25) is 4.79 Å². The first kappa shape index (κ1) is 13.0. The van der Waals surface area contributed by atoms with E-state index in [1.165, 1.54) is 4.88 Å². The summed E-state index contributed by atoms with van der Waals surface area (Å²) in [6, 6.07) is 7.61. The van der Waals surface area contributed by atoms with Crippen LogP contribution in [-0.4, -0.2) is 9.56 Å². The smallest absolute Gasteiger partial charge is 0.261 e. The summed E-state index contributed by atoms with van der Waals surface area (Å²) in [6.45, 7) is 2.69. The second-order valence-electron chi connectivity index (χ2n) is 3.94. The molecule has 2 rings (SSSR count). The minimum Gasteiger partial charge on any atom is -0.389 e. The maximum atomic E-state index is 12.1. The molecule has 2 heterocycles. The van der Waals surface area contributed by atoms with E-state index in [9.17, 15) is 4.79 Å². The zero-order valence-electron chi connectivity index (χ0n) is 10.1. The van der Waals surface area contributed by atoms with Crippen molar-refractivity contribution in [2.24, 2.45) is 5.73 Å². The fourth-order valence-corrected chi connectivity index (χ4v) is 2.83. The molecule has 0 aliphatic carbocycles. The van der Waals surface area contributed by atoms with Gasteiger partial charge in [-0.1, -0.05) is 19.1 Å². The number of hydrogen-bond acceptors (Lipinski definition) is 3. The van der Waals surface area contributed by atoms with Crippen molar-refractivity contribution < 1.29 is 0 Å². The van der Waals surface area contributed by atoms with Crippen molar-refractivity contribution in [2.45, 2.75) is 19.9 Å². The Bertz CT molecular complexity index is 628. The Morgan fingerprint density at radius 3 is 2.72 bits per heavy atom. The highest BCUT2D eigenvalue weighted by molar-refractivity contribution is 7.80. The SMILES string of the molecule is CCc1ccc(Cn2cccc(C(N)=S)c2=O)s1. The zero-order valence-corrected chi connectivity index (χ0v) is 11.7. The summed E-state index contributed by atoms with van der Waals surface area (Å²) in [5.41, 5.74) is 5.80. The highest BCUT2D eigenvalue weighted by atomic mass is 32.1. The summed E-state index contributed by atoms with van der Waals surface area (Å²) in [5.74, 6) is 0. The lowest BCUT2D eigenvalue weighted by Gasteiger charge is -2.05. The van der Waals surface area contributed by atoms with E-state index < -0.39 is 0 Å². The van der Waals surface area contributed by atoms with E-state index in [-0.39, 0.29) is 10.5 Å². The molecule has 0 fully saturated rings. The molecule has 5 heteroatoms. The van der Waals surface area contributed by atoms with Gasteiger partial charge < -0.3 is 10.3 Å². The van der Waals surface area contributed by atoms with Gasteiger partial charge in [-0.15, -0.1) is 11.3 Å². The number of nitrogens with zero attached hydrogens (tertiary/aromatic N) is 1. The lowest BCUT2D eigenvalue weighted by Crippen LogP contribution is -2.28. The Kier molecular flexibility index (Phi) is 3.93. The van der Waals surface area contributed by atoms with Gasteiger partial charge in [0.25, 0.3) is 5.56 Å². The predicted octanol–water partition coefficient (Wildman–Crippen LogP) is 2.15. The minimum atomic E-state index is -0.128. The van der Waals surface area contributed by atoms with Gasteiger partial charge in [0.1, 0.15) is 4.99 Å². The molecule has 2 N–H and O–H groups in total. The lowest BCUT2D eigenvalue weighted by atomic mass is 10.2. The minimum absolute atomic E-state index is 0.128. The van der Waals surface area contributed by atoms with Crippen molar-refractivity contribution >= 4 is 28.5 Å². The van der Waals surface area contributed by atoms with E-state index in [1.54, 1.807) is 34.2 Å². The molecular formula is C13H14N2OS2. The number of pyridine rings is 1. The topological polar surface area (TPSA) is 48.0 Å². The van der Waals surface area contributed by atoms with E-state index in [2.05, 4.69) is 19.1 Å². The van der Waals surface area contributed by atoms with Crippen molar-refractivity contribution in [3.63, 3.8) is 0 Å². The zero-order chi connectivity index (χ0) is 13.1. The summed E-state index contributed by atoms with van der Waals surface area (Å²) in [4.78, 5) is 14.7. The monoisotopic (exact) mass is 278 g/mol. The molecule has 3 nitrogen and oxygen atoms in total. The van der Waals surface area contributed by atoms with Crippen LogP contribution in [0.5, 0.6) is 0 Å². The van der Waals surface area contributed by atoms with Gasteiger partial charge in [0.2, 0.25) is 0 Å². The fourth-order valence-electron chi connectivity index (χ4n) is 1.71. The Morgan fingerprint density at radius 1 is 1.39 bits per heavy atom. The predicted molar refractivity (Wildman–Crippen MR) is 79.4 cm³/mol. The number of hydrogen-bond donors (Lipinski definition) is 1. The normalized spacial score (nSPS) is 10.5. The molecule has 0 aliphatic rings. The highest BCUT2D eigenvalue weighted by Gasteiger charge is 2.07. The fraction of sp³-hybridized carbons (Fsp3) is 0.231. The van der Waals surface area contributed by atoms with Crippen LogP contribution in [0.4, 0.5) is 0 Å². The van der Waals surface area contributed by atoms with E-state index in [1.807, 2.05) is 0 Å². The molecule has 94 valence electrons. The molecule has 0 spiro atoms. The number of aryl methyl sites for hydroxylation is 1. The van der Waals surface area contributed by atoms with Crippen LogP contribution < -0.4 is 11.3 Å². The highest BCUT2D eigenvalue weighted by Crippen LogP contribution is 2.17. The number of rotatable bonds is 4. The van der Waals surface area contributed by atoms with Crippen LogP contribution in [0.1, 0.15) is 22.2 Å². The Hall–Kier alpha value is -1.46. The van der Waals surface area contributed by atoms with Crippen LogP contribution in [0.15, 0.2) is 35.3 Å². The number of aromatic nitrogens is 1. The Balaban J connectivity index is 2.32. The summed E-state index contributed by atoms with van der Waals surface area (Å²) >= 11 is 6.59. The lowest BCUT2D eigenvalue weighted by molar-refractivity contribution is 0.768. The second-order valence-corrected chi connectivity index (χ2v) is 5.63. The number of nitrogens with two attached hydrogens (primary N) is 1. The van der Waals surface area contributed by atoms with Crippen LogP contribution in [0.2, 0.25) is 0 Å². The van der Waals surface area contributed by atoms with E-state index in [0.717, 1.165) is 11.3 Å². The molecule has 0 aliphatic heterocycles. The first-order chi connectivity index (χ1) is 8.61. The van der Waals surface area contributed by atoms with E-state index in [0.29, 0.717) is 12.1 Å². The maximum absolute atomic E-state index is 12.1. The molecular weight excluding hydrogens is 264 g/mol. The average Bonchev–Trinajstić information content (AvgIpc) is 2.79. The van der Waals surface area contributed by atoms with E-state index in [4.69, 9.17) is 18.0 Å². The summed E-state index contributed by atoms with van der Waals surface area (Å²) < 4.78 is 1.64. The molecule has 0 aromatic carbocycles. The van der Waals surface area contributed by atoms with Gasteiger partial charge in [0, 0.05) is 16.0 Å². The summed E-state index contributed by atoms with van der Waals surface area (Å²) in [6.07, 6.45) is 2.78. The number of thiocarbonyl (C=S) groups is 1. The maximum Gasteiger partial charge on any atom is 0.261 e. The van der Waals surface area contributed by atoms with Crippen LogP contribution in [-0.2, 0) is 13.0 Å². The molecule has 0 amide bonds. The number of thiophene rings is 1. The van der Waals surface area contributed by atoms with E-state index >= 15 is 0 Å². The molecule has 0 radical (unpaired) electrons. The summed E-state index contributed by atoms with van der Waals surface area (Å²) in [5, 5.41) is 0. The van der Waals surface area contributed by atoms with Crippen molar-refractivity contribution in [3.8, 4) is 0 Å². The molecule has 0 saturated carbocycles. The Labute approximate surface area is 115 Å². The van der Waals surface area contributed by atoms with Crippen molar-refractivity contribution in [3.05, 3.63) is 56.1 Å². The van der Waals surface area contributed by atoms with Gasteiger partial charge in [-0.05, 0) is 30.7 Å². The quantitative estimate of drug-likeness (QED) is 0.872. The van der Waals surface area contributed by atoms with Crippen molar-refractivity contribution in [1.82, 2.24) is 4.57 Å². The second kappa shape index (κ2) is 5.46. The van der Waals surface area contributed by atoms with Crippen LogP contribution in [0, 0.1) is 0 Å².